The lowest BCUT2D eigenvalue weighted by atomic mass is 10.2. The summed E-state index contributed by atoms with van der Waals surface area (Å²) in [5, 5.41) is 12.0. The molecule has 1 heterocycles. The van der Waals surface area contributed by atoms with Crippen molar-refractivity contribution in [1.82, 2.24) is 4.90 Å². The van der Waals surface area contributed by atoms with Gasteiger partial charge in [-0.1, -0.05) is 27.5 Å². The molecule has 0 unspecified atom stereocenters. The predicted octanol–water partition coefficient (Wildman–Crippen LogP) is 4.67. The summed E-state index contributed by atoms with van der Waals surface area (Å²) in [5.74, 6) is -1.82. The Balaban J connectivity index is 1.75. The van der Waals surface area contributed by atoms with Crippen molar-refractivity contribution < 1.29 is 33.8 Å². The molecule has 9 nitrogen and oxygen atoms in total. The molecule has 2 aromatic carbocycles. The van der Waals surface area contributed by atoms with Crippen LogP contribution in [0.5, 0.6) is 11.5 Å². The second kappa shape index (κ2) is 10.9. The van der Waals surface area contributed by atoms with Gasteiger partial charge in [0.2, 0.25) is 5.91 Å². The third-order valence-corrected chi connectivity index (χ3v) is 6.42. The van der Waals surface area contributed by atoms with Crippen LogP contribution in [-0.2, 0) is 14.3 Å². The number of phenols is 1. The lowest BCUT2D eigenvalue weighted by Crippen LogP contribution is -2.36. The number of phenolic OH excluding ortho intramolecular Hbond substituents is 1. The molecule has 0 atom stereocenters. The third-order valence-electron chi connectivity index (χ3n) is 4.50. The molecule has 1 aliphatic heterocycles. The summed E-state index contributed by atoms with van der Waals surface area (Å²) in [6.07, 6.45) is 1.47. The normalized spacial score (nSPS) is 14.5. The van der Waals surface area contributed by atoms with Gasteiger partial charge in [0, 0.05) is 10.2 Å². The van der Waals surface area contributed by atoms with Crippen molar-refractivity contribution in [3.8, 4) is 11.5 Å². The number of carbonyl (C=O) groups is 4. The molecule has 0 radical (unpaired) electrons. The van der Waals surface area contributed by atoms with Gasteiger partial charge in [0.15, 0.2) is 11.5 Å². The fourth-order valence-corrected chi connectivity index (χ4v) is 4.40. The molecule has 2 aromatic rings. The number of esters is 1. The number of halogens is 2. The fourth-order valence-electron chi connectivity index (χ4n) is 2.93. The van der Waals surface area contributed by atoms with Crippen molar-refractivity contribution >= 4 is 74.1 Å². The number of aromatic hydroxyl groups is 1. The monoisotopic (exact) mass is 568 g/mol. The molecule has 12 heteroatoms. The number of rotatable bonds is 7. The second-order valence-corrected chi connectivity index (χ2v) is 9.03. The number of ether oxygens (including phenoxy) is 2. The molecular formula is C22H18BrClN2O7S. The van der Waals surface area contributed by atoms with E-state index in [1.54, 1.807) is 6.92 Å². The molecule has 0 aliphatic carbocycles. The van der Waals surface area contributed by atoms with Gasteiger partial charge in [-0.25, -0.2) is 4.79 Å². The van der Waals surface area contributed by atoms with Crippen LogP contribution in [0, 0.1) is 0 Å². The topological polar surface area (TPSA) is 122 Å². The summed E-state index contributed by atoms with van der Waals surface area (Å²) in [6, 6.07) is 7.17. The average Bonchev–Trinajstić information content (AvgIpc) is 3.05. The van der Waals surface area contributed by atoms with E-state index >= 15 is 0 Å². The maximum Gasteiger partial charge on any atom is 0.339 e. The standard InChI is InChI=1S/C22H18BrClN2O7S/c1-3-33-17-6-11(14(23)9-16(17)27)7-18-20(29)26(22(31)34-18)10-19(28)25-12-4-5-15(24)13(8-12)21(30)32-2/h4-9,27H,3,10H2,1-2H3,(H,25,28)/b18-7-. The zero-order valence-corrected chi connectivity index (χ0v) is 21.0. The number of amides is 3. The van der Waals surface area contributed by atoms with Crippen LogP contribution in [0.3, 0.4) is 0 Å². The van der Waals surface area contributed by atoms with Gasteiger partial charge in [0.25, 0.3) is 11.1 Å². The first kappa shape index (κ1) is 25.6. The summed E-state index contributed by atoms with van der Waals surface area (Å²) < 4.78 is 10.5. The van der Waals surface area contributed by atoms with E-state index in [1.807, 2.05) is 0 Å². The molecule has 0 spiro atoms. The van der Waals surface area contributed by atoms with Crippen LogP contribution in [0.15, 0.2) is 39.7 Å². The van der Waals surface area contributed by atoms with Gasteiger partial charge >= 0.3 is 5.97 Å². The summed E-state index contributed by atoms with van der Waals surface area (Å²) in [5.41, 5.74) is 0.809. The first-order valence-electron chi connectivity index (χ1n) is 9.73. The maximum absolute atomic E-state index is 12.8. The SMILES string of the molecule is CCOc1cc(/C=C2\SC(=O)N(CC(=O)Nc3ccc(Cl)c(C(=O)OC)c3)C2=O)c(Br)cc1O. The maximum atomic E-state index is 12.8. The number of benzene rings is 2. The quantitative estimate of drug-likeness (QED) is 0.364. The molecule has 34 heavy (non-hydrogen) atoms. The summed E-state index contributed by atoms with van der Waals surface area (Å²) in [7, 11) is 1.20. The van der Waals surface area contributed by atoms with Crippen molar-refractivity contribution in [2.24, 2.45) is 0 Å². The Morgan fingerprint density at radius 1 is 1.26 bits per heavy atom. The van der Waals surface area contributed by atoms with Crippen LogP contribution in [0.2, 0.25) is 5.02 Å². The number of hydrogen-bond donors (Lipinski definition) is 2. The molecule has 2 N–H and O–H groups in total. The molecule has 0 saturated carbocycles. The molecule has 0 bridgehead atoms. The predicted molar refractivity (Wildman–Crippen MR) is 131 cm³/mol. The number of nitrogens with one attached hydrogen (secondary N) is 1. The van der Waals surface area contributed by atoms with Gasteiger partial charge in [-0.2, -0.15) is 0 Å². The van der Waals surface area contributed by atoms with E-state index in [1.165, 1.54) is 43.5 Å². The molecular weight excluding hydrogens is 552 g/mol. The number of anilines is 1. The molecule has 178 valence electrons. The van der Waals surface area contributed by atoms with Crippen LogP contribution >= 0.6 is 39.3 Å². The smallest absolute Gasteiger partial charge is 0.339 e. The van der Waals surface area contributed by atoms with E-state index in [2.05, 4.69) is 26.0 Å². The van der Waals surface area contributed by atoms with Crippen molar-refractivity contribution in [3.05, 3.63) is 55.9 Å². The first-order valence-corrected chi connectivity index (χ1v) is 11.7. The molecule has 0 aromatic heterocycles. The van der Waals surface area contributed by atoms with Gasteiger partial charge in [0.1, 0.15) is 6.54 Å². The zero-order valence-electron chi connectivity index (χ0n) is 17.9. The van der Waals surface area contributed by atoms with Gasteiger partial charge in [-0.05, 0) is 60.7 Å². The summed E-state index contributed by atoms with van der Waals surface area (Å²) >= 11 is 9.96. The average molecular weight is 570 g/mol. The van der Waals surface area contributed by atoms with E-state index in [-0.39, 0.29) is 32.7 Å². The number of thioether (sulfide) groups is 1. The summed E-state index contributed by atoms with van der Waals surface area (Å²) in [6.45, 7) is 1.56. The van der Waals surface area contributed by atoms with E-state index in [9.17, 15) is 24.3 Å². The van der Waals surface area contributed by atoms with Crippen molar-refractivity contribution in [3.63, 3.8) is 0 Å². The highest BCUT2D eigenvalue weighted by Crippen LogP contribution is 2.37. The third kappa shape index (κ3) is 5.72. The highest BCUT2D eigenvalue weighted by Gasteiger charge is 2.36. The highest BCUT2D eigenvalue weighted by molar-refractivity contribution is 9.10. The van der Waals surface area contributed by atoms with Crippen LogP contribution < -0.4 is 10.1 Å². The fraction of sp³-hybridized carbons (Fsp3) is 0.182. The number of carbonyl (C=O) groups excluding carboxylic acids is 4. The molecule has 1 saturated heterocycles. The van der Waals surface area contributed by atoms with E-state index in [0.29, 0.717) is 28.4 Å². The van der Waals surface area contributed by atoms with Crippen molar-refractivity contribution in [2.45, 2.75) is 6.92 Å². The first-order chi connectivity index (χ1) is 16.1. The minimum absolute atomic E-state index is 0.0574. The van der Waals surface area contributed by atoms with E-state index in [4.69, 9.17) is 16.3 Å². The van der Waals surface area contributed by atoms with Gasteiger partial charge in [0.05, 0.1) is 29.2 Å². The Hall–Kier alpha value is -3.02. The Bertz CT molecular complexity index is 1220. The Morgan fingerprint density at radius 3 is 2.68 bits per heavy atom. The van der Waals surface area contributed by atoms with Crippen LogP contribution in [0.1, 0.15) is 22.8 Å². The van der Waals surface area contributed by atoms with Crippen molar-refractivity contribution in [2.75, 3.05) is 25.6 Å². The largest absolute Gasteiger partial charge is 0.504 e. The van der Waals surface area contributed by atoms with Crippen LogP contribution in [0.4, 0.5) is 10.5 Å². The lowest BCUT2D eigenvalue weighted by Gasteiger charge is -2.13. The Labute approximate surface area is 212 Å². The van der Waals surface area contributed by atoms with Crippen LogP contribution in [-0.4, -0.2) is 53.3 Å². The van der Waals surface area contributed by atoms with Gasteiger partial charge in [-0.15, -0.1) is 0 Å². The zero-order chi connectivity index (χ0) is 25.0. The van der Waals surface area contributed by atoms with E-state index < -0.39 is 29.6 Å². The van der Waals surface area contributed by atoms with Gasteiger partial charge in [-0.3, -0.25) is 19.3 Å². The number of nitrogens with zero attached hydrogens (tertiary/aromatic N) is 1. The molecule has 3 rings (SSSR count). The minimum atomic E-state index is -0.676. The molecule has 1 aliphatic rings. The number of methoxy groups -OCH3 is 1. The highest BCUT2D eigenvalue weighted by atomic mass is 79.9. The second-order valence-electron chi connectivity index (χ2n) is 6.78. The van der Waals surface area contributed by atoms with E-state index in [0.717, 1.165) is 4.90 Å². The molecule has 3 amide bonds. The Kier molecular flexibility index (Phi) is 8.24. The Morgan fingerprint density at radius 2 is 2.00 bits per heavy atom. The number of imide groups is 1. The van der Waals surface area contributed by atoms with Crippen LogP contribution in [0.25, 0.3) is 6.08 Å². The van der Waals surface area contributed by atoms with Crippen molar-refractivity contribution in [1.29, 1.82) is 0 Å². The summed E-state index contributed by atoms with van der Waals surface area (Å²) in [4.78, 5) is 50.3. The molecule has 1 fully saturated rings. The minimum Gasteiger partial charge on any atom is -0.504 e. The number of hydrogen-bond acceptors (Lipinski definition) is 8. The lowest BCUT2D eigenvalue weighted by molar-refractivity contribution is -0.127. The van der Waals surface area contributed by atoms with Gasteiger partial charge < -0.3 is 19.9 Å².